The maximum Gasteiger partial charge on any atom is 0.341 e. The van der Waals surface area contributed by atoms with Gasteiger partial charge in [0.15, 0.2) is 6.61 Å². The predicted molar refractivity (Wildman–Crippen MR) is 88.8 cm³/mol. The maximum absolute atomic E-state index is 13.6. The number of para-hydroxylation sites is 1. The number of ether oxygens (including phenoxy) is 1. The van der Waals surface area contributed by atoms with Crippen molar-refractivity contribution < 1.29 is 18.7 Å². The SMILES string of the molecule is C[C@@H]1Cc2ccccc2N1C(=O)COC(=O)c1cc(Cl)ccc1F. The fraction of sp³-hybridized carbons (Fsp3) is 0.222. The number of rotatable bonds is 3. The van der Waals surface area contributed by atoms with Gasteiger partial charge in [0.05, 0.1) is 5.56 Å². The lowest BCUT2D eigenvalue weighted by atomic mass is 10.1. The molecule has 6 heteroatoms. The van der Waals surface area contributed by atoms with E-state index in [9.17, 15) is 14.0 Å². The molecule has 4 nitrogen and oxygen atoms in total. The summed E-state index contributed by atoms with van der Waals surface area (Å²) in [5, 5.41) is 0.219. The number of halogens is 2. The summed E-state index contributed by atoms with van der Waals surface area (Å²) in [6.07, 6.45) is 0.749. The van der Waals surface area contributed by atoms with Gasteiger partial charge in [-0.3, -0.25) is 4.79 Å². The van der Waals surface area contributed by atoms with Crippen molar-refractivity contribution in [2.45, 2.75) is 19.4 Å². The predicted octanol–water partition coefficient (Wildman–Crippen LogP) is 3.61. The van der Waals surface area contributed by atoms with Gasteiger partial charge in [-0.15, -0.1) is 0 Å². The van der Waals surface area contributed by atoms with E-state index in [1.165, 1.54) is 12.1 Å². The summed E-state index contributed by atoms with van der Waals surface area (Å²) in [5.41, 5.74) is 1.61. The average Bonchev–Trinajstić information content (AvgIpc) is 2.90. The summed E-state index contributed by atoms with van der Waals surface area (Å²) < 4.78 is 18.6. The summed E-state index contributed by atoms with van der Waals surface area (Å²) in [4.78, 5) is 26.0. The molecule has 0 bridgehead atoms. The van der Waals surface area contributed by atoms with Gasteiger partial charge in [0.25, 0.3) is 5.91 Å². The van der Waals surface area contributed by atoms with E-state index in [-0.39, 0.29) is 22.5 Å². The molecule has 1 amide bonds. The number of hydrogen-bond donors (Lipinski definition) is 0. The quantitative estimate of drug-likeness (QED) is 0.797. The van der Waals surface area contributed by atoms with Crippen LogP contribution in [0.4, 0.5) is 10.1 Å². The first-order valence-electron chi connectivity index (χ1n) is 7.49. The van der Waals surface area contributed by atoms with Gasteiger partial charge >= 0.3 is 5.97 Å². The molecule has 1 heterocycles. The van der Waals surface area contributed by atoms with E-state index in [1.54, 1.807) is 4.90 Å². The van der Waals surface area contributed by atoms with Crippen molar-refractivity contribution in [2.24, 2.45) is 0 Å². The van der Waals surface area contributed by atoms with Crippen LogP contribution in [0.1, 0.15) is 22.8 Å². The third-order valence-corrected chi connectivity index (χ3v) is 4.19. The Hall–Kier alpha value is -2.40. The minimum atomic E-state index is -0.913. The minimum absolute atomic E-state index is 0.0171. The second-order valence-electron chi connectivity index (χ2n) is 5.65. The van der Waals surface area contributed by atoms with Crippen LogP contribution in [0.3, 0.4) is 0 Å². The second-order valence-corrected chi connectivity index (χ2v) is 6.08. The molecule has 0 spiro atoms. The molecule has 2 aromatic carbocycles. The monoisotopic (exact) mass is 347 g/mol. The summed E-state index contributed by atoms with van der Waals surface area (Å²) in [7, 11) is 0. The van der Waals surface area contributed by atoms with Gasteiger partial charge in [0.2, 0.25) is 0 Å². The highest BCUT2D eigenvalue weighted by atomic mass is 35.5. The van der Waals surface area contributed by atoms with Crippen LogP contribution in [0.2, 0.25) is 5.02 Å². The molecule has 2 aromatic rings. The Kier molecular flexibility index (Phi) is 4.53. The molecule has 0 aliphatic carbocycles. The number of amides is 1. The first kappa shape index (κ1) is 16.5. The highest BCUT2D eigenvalue weighted by Crippen LogP contribution is 2.31. The van der Waals surface area contributed by atoms with Gasteiger partial charge in [-0.05, 0) is 43.2 Å². The van der Waals surface area contributed by atoms with Crippen LogP contribution in [-0.4, -0.2) is 24.5 Å². The van der Waals surface area contributed by atoms with Crippen LogP contribution in [0.15, 0.2) is 42.5 Å². The van der Waals surface area contributed by atoms with Crippen LogP contribution in [0.5, 0.6) is 0 Å². The number of carbonyl (C=O) groups is 2. The molecule has 0 saturated carbocycles. The van der Waals surface area contributed by atoms with Gasteiger partial charge in [-0.2, -0.15) is 0 Å². The van der Waals surface area contributed by atoms with E-state index in [2.05, 4.69) is 0 Å². The molecule has 1 aliphatic heterocycles. The zero-order valence-corrected chi connectivity index (χ0v) is 13.7. The summed E-state index contributed by atoms with van der Waals surface area (Å²) in [6.45, 7) is 1.47. The van der Waals surface area contributed by atoms with Gasteiger partial charge in [-0.25, -0.2) is 9.18 Å². The van der Waals surface area contributed by atoms with Crippen molar-refractivity contribution in [1.29, 1.82) is 0 Å². The molecule has 0 aromatic heterocycles. The Balaban J connectivity index is 1.70. The summed E-state index contributed by atoms with van der Waals surface area (Å²) in [5.74, 6) is -2.00. The number of esters is 1. The standard InChI is InChI=1S/C18H15ClFNO3/c1-11-8-12-4-2-3-5-16(12)21(11)17(22)10-24-18(23)14-9-13(19)6-7-15(14)20/h2-7,9,11H,8,10H2,1H3/t11-/m1/s1. The molecule has 3 rings (SSSR count). The highest BCUT2D eigenvalue weighted by molar-refractivity contribution is 6.30. The van der Waals surface area contributed by atoms with Gasteiger partial charge in [0, 0.05) is 16.8 Å². The molecule has 0 fully saturated rings. The molecule has 124 valence electrons. The van der Waals surface area contributed by atoms with E-state index >= 15 is 0 Å². The molecule has 0 N–H and O–H groups in total. The van der Waals surface area contributed by atoms with Crippen molar-refractivity contribution in [3.8, 4) is 0 Å². The van der Waals surface area contributed by atoms with E-state index < -0.39 is 18.4 Å². The second kappa shape index (κ2) is 6.61. The lowest BCUT2D eigenvalue weighted by molar-refractivity contribution is -0.122. The lowest BCUT2D eigenvalue weighted by Crippen LogP contribution is -2.38. The fourth-order valence-electron chi connectivity index (χ4n) is 2.87. The fourth-order valence-corrected chi connectivity index (χ4v) is 3.05. The molecule has 24 heavy (non-hydrogen) atoms. The van der Waals surface area contributed by atoms with Crippen molar-refractivity contribution in [1.82, 2.24) is 0 Å². The van der Waals surface area contributed by atoms with E-state index in [1.807, 2.05) is 31.2 Å². The number of hydrogen-bond acceptors (Lipinski definition) is 3. The number of anilines is 1. The Morgan fingerprint density at radius 2 is 2.04 bits per heavy atom. The lowest BCUT2D eigenvalue weighted by Gasteiger charge is -2.22. The van der Waals surface area contributed by atoms with E-state index in [0.29, 0.717) is 0 Å². The molecule has 1 aliphatic rings. The number of fused-ring (bicyclic) bond motifs is 1. The zero-order chi connectivity index (χ0) is 17.3. The zero-order valence-electron chi connectivity index (χ0n) is 13.0. The van der Waals surface area contributed by atoms with Crippen molar-refractivity contribution in [3.05, 3.63) is 64.4 Å². The number of benzene rings is 2. The Labute approximate surface area is 143 Å². The Bertz CT molecular complexity index is 809. The molecular formula is C18H15ClFNO3. The van der Waals surface area contributed by atoms with Crippen LogP contribution in [0.25, 0.3) is 0 Å². The largest absolute Gasteiger partial charge is 0.452 e. The average molecular weight is 348 g/mol. The first-order valence-corrected chi connectivity index (χ1v) is 7.87. The molecule has 0 saturated heterocycles. The van der Waals surface area contributed by atoms with Gasteiger partial charge in [0.1, 0.15) is 5.82 Å². The molecule has 0 radical (unpaired) electrons. The molecule has 0 unspecified atom stereocenters. The first-order chi connectivity index (χ1) is 11.5. The van der Waals surface area contributed by atoms with Crippen molar-refractivity contribution in [2.75, 3.05) is 11.5 Å². The minimum Gasteiger partial charge on any atom is -0.452 e. The third-order valence-electron chi connectivity index (χ3n) is 3.95. The van der Waals surface area contributed by atoms with Crippen LogP contribution in [-0.2, 0) is 16.0 Å². The van der Waals surface area contributed by atoms with Gasteiger partial charge < -0.3 is 9.64 Å². The third kappa shape index (κ3) is 3.12. The van der Waals surface area contributed by atoms with Gasteiger partial charge in [-0.1, -0.05) is 29.8 Å². The van der Waals surface area contributed by atoms with Crippen LogP contribution < -0.4 is 4.90 Å². The van der Waals surface area contributed by atoms with E-state index in [0.717, 1.165) is 23.7 Å². The molecular weight excluding hydrogens is 333 g/mol. The topological polar surface area (TPSA) is 46.6 Å². The smallest absolute Gasteiger partial charge is 0.341 e. The summed E-state index contributed by atoms with van der Waals surface area (Å²) in [6, 6.07) is 11.2. The summed E-state index contributed by atoms with van der Waals surface area (Å²) >= 11 is 5.75. The maximum atomic E-state index is 13.6. The molecule has 1 atom stereocenters. The Morgan fingerprint density at radius 3 is 2.83 bits per heavy atom. The van der Waals surface area contributed by atoms with Crippen molar-refractivity contribution in [3.63, 3.8) is 0 Å². The van der Waals surface area contributed by atoms with Crippen LogP contribution >= 0.6 is 11.6 Å². The van der Waals surface area contributed by atoms with Crippen molar-refractivity contribution >= 4 is 29.2 Å². The number of nitrogens with zero attached hydrogens (tertiary/aromatic N) is 1. The highest BCUT2D eigenvalue weighted by Gasteiger charge is 2.31. The normalized spacial score (nSPS) is 16.0. The number of carbonyl (C=O) groups excluding carboxylic acids is 2. The van der Waals surface area contributed by atoms with Crippen LogP contribution in [0, 0.1) is 5.82 Å². The Morgan fingerprint density at radius 1 is 1.29 bits per heavy atom. The van der Waals surface area contributed by atoms with E-state index in [4.69, 9.17) is 16.3 Å².